The van der Waals surface area contributed by atoms with Gasteiger partial charge in [-0.15, -0.1) is 0 Å². The van der Waals surface area contributed by atoms with E-state index >= 15 is 0 Å². The van der Waals surface area contributed by atoms with Crippen LogP contribution < -0.4 is 15.8 Å². The molecule has 3 aromatic rings. The van der Waals surface area contributed by atoms with Crippen molar-refractivity contribution in [2.45, 2.75) is 6.42 Å². The Labute approximate surface area is 219 Å². The third-order valence-corrected chi connectivity index (χ3v) is 6.54. The van der Waals surface area contributed by atoms with E-state index < -0.39 is 11.7 Å². The van der Waals surface area contributed by atoms with Crippen LogP contribution in [0.2, 0.25) is 10.0 Å². The Morgan fingerprint density at radius 2 is 1.89 bits per heavy atom. The van der Waals surface area contributed by atoms with Crippen LogP contribution in [-0.4, -0.2) is 72.1 Å². The van der Waals surface area contributed by atoms with E-state index in [1.54, 1.807) is 30.3 Å². The number of primary amides is 1. The summed E-state index contributed by atoms with van der Waals surface area (Å²) in [5, 5.41) is 3.54. The molecule has 11 heteroatoms. The molecule has 0 bridgehead atoms. The van der Waals surface area contributed by atoms with Gasteiger partial charge in [0.2, 0.25) is 5.95 Å². The fourth-order valence-corrected chi connectivity index (χ4v) is 4.48. The highest BCUT2D eigenvalue weighted by atomic mass is 35.5. The van der Waals surface area contributed by atoms with E-state index in [0.717, 1.165) is 39.1 Å². The lowest BCUT2D eigenvalue weighted by Gasteiger charge is -2.32. The number of nitrogens with two attached hydrogens (primary N) is 1. The Hall–Kier alpha value is -2.98. The predicted molar refractivity (Wildman–Crippen MR) is 140 cm³/mol. The van der Waals surface area contributed by atoms with Crippen molar-refractivity contribution < 1.29 is 13.9 Å². The third-order valence-electron chi connectivity index (χ3n) is 5.91. The number of anilines is 2. The second kappa shape index (κ2) is 11.8. The van der Waals surface area contributed by atoms with E-state index in [1.165, 1.54) is 12.3 Å². The standard InChI is InChI=1S/C25H27Cl2FN6O2/c1-33-9-11-34(12-10-33)8-3-13-36-21-7-6-16(14-20(21)28)31-25-30-15-17(24(29)35)23(32-25)22-18(26)4-2-5-19(22)27/h2,4-7,14-15H,3,8-13H2,1H3,(H2,29,35)(H,30,31,32). The van der Waals surface area contributed by atoms with Crippen molar-refractivity contribution in [2.24, 2.45) is 5.73 Å². The molecule has 2 heterocycles. The number of nitrogens with one attached hydrogen (secondary N) is 1. The molecule has 1 aliphatic heterocycles. The van der Waals surface area contributed by atoms with E-state index in [2.05, 4.69) is 32.1 Å². The number of rotatable bonds is 9. The number of halogens is 3. The summed E-state index contributed by atoms with van der Waals surface area (Å²) in [5.41, 5.74) is 6.49. The largest absolute Gasteiger partial charge is 0.490 e. The van der Waals surface area contributed by atoms with E-state index in [-0.39, 0.29) is 23.0 Å². The van der Waals surface area contributed by atoms with Crippen LogP contribution in [0.15, 0.2) is 42.6 Å². The number of ether oxygens (including phenoxy) is 1. The summed E-state index contributed by atoms with van der Waals surface area (Å²) in [6.07, 6.45) is 2.09. The highest BCUT2D eigenvalue weighted by molar-refractivity contribution is 6.39. The monoisotopic (exact) mass is 532 g/mol. The summed E-state index contributed by atoms with van der Waals surface area (Å²) in [7, 11) is 2.12. The first-order valence-corrected chi connectivity index (χ1v) is 12.3. The Balaban J connectivity index is 1.42. The van der Waals surface area contributed by atoms with Gasteiger partial charge in [-0.3, -0.25) is 4.79 Å². The van der Waals surface area contributed by atoms with Crippen LogP contribution in [0, 0.1) is 5.82 Å². The van der Waals surface area contributed by atoms with E-state index in [9.17, 15) is 9.18 Å². The van der Waals surface area contributed by atoms with E-state index in [1.807, 2.05) is 0 Å². The molecule has 0 saturated carbocycles. The smallest absolute Gasteiger partial charge is 0.252 e. The van der Waals surface area contributed by atoms with Gasteiger partial charge in [-0.05, 0) is 37.7 Å². The van der Waals surface area contributed by atoms with Gasteiger partial charge < -0.3 is 25.6 Å². The Kier molecular flexibility index (Phi) is 8.58. The molecule has 1 amide bonds. The minimum Gasteiger partial charge on any atom is -0.490 e. The van der Waals surface area contributed by atoms with Gasteiger partial charge in [0.15, 0.2) is 11.6 Å². The minimum absolute atomic E-state index is 0.0575. The lowest BCUT2D eigenvalue weighted by atomic mass is 10.1. The van der Waals surface area contributed by atoms with Crippen molar-refractivity contribution in [3.8, 4) is 17.0 Å². The summed E-state index contributed by atoms with van der Waals surface area (Å²) in [5.74, 6) is -0.950. The van der Waals surface area contributed by atoms with Crippen LogP contribution in [0.3, 0.4) is 0 Å². The van der Waals surface area contributed by atoms with Gasteiger partial charge in [-0.2, -0.15) is 0 Å². The third kappa shape index (κ3) is 6.41. The number of hydrogen-bond acceptors (Lipinski definition) is 7. The van der Waals surface area contributed by atoms with Crippen molar-refractivity contribution in [1.82, 2.24) is 19.8 Å². The zero-order chi connectivity index (χ0) is 25.7. The number of nitrogens with zero attached hydrogens (tertiary/aromatic N) is 4. The molecule has 1 aromatic heterocycles. The topological polar surface area (TPSA) is 96.6 Å². The van der Waals surface area contributed by atoms with Gasteiger partial charge in [0.25, 0.3) is 5.91 Å². The second-order valence-electron chi connectivity index (χ2n) is 8.53. The quantitative estimate of drug-likeness (QED) is 0.393. The molecule has 0 unspecified atom stereocenters. The van der Waals surface area contributed by atoms with Crippen LogP contribution in [-0.2, 0) is 0 Å². The number of aromatic nitrogens is 2. The van der Waals surface area contributed by atoms with Gasteiger partial charge in [0, 0.05) is 56.2 Å². The van der Waals surface area contributed by atoms with Crippen molar-refractivity contribution >= 4 is 40.7 Å². The number of hydrogen-bond donors (Lipinski definition) is 2. The second-order valence-corrected chi connectivity index (χ2v) is 9.35. The summed E-state index contributed by atoms with van der Waals surface area (Å²) in [4.78, 5) is 25.2. The number of amides is 1. The number of likely N-dealkylation sites (N-methyl/N-ethyl adjacent to an activating group) is 1. The molecule has 1 aliphatic rings. The van der Waals surface area contributed by atoms with Gasteiger partial charge in [0.05, 0.1) is 27.9 Å². The van der Waals surface area contributed by atoms with E-state index in [4.69, 9.17) is 33.7 Å². The van der Waals surface area contributed by atoms with Crippen molar-refractivity contribution in [3.63, 3.8) is 0 Å². The predicted octanol–water partition coefficient (Wildman–Crippen LogP) is 4.45. The molecule has 0 radical (unpaired) electrons. The first kappa shape index (κ1) is 26.1. The zero-order valence-corrected chi connectivity index (χ0v) is 21.3. The van der Waals surface area contributed by atoms with Crippen LogP contribution in [0.25, 0.3) is 11.3 Å². The molecule has 36 heavy (non-hydrogen) atoms. The van der Waals surface area contributed by atoms with Crippen molar-refractivity contribution in [3.05, 3.63) is 64.0 Å². The highest BCUT2D eigenvalue weighted by Gasteiger charge is 2.19. The lowest BCUT2D eigenvalue weighted by Crippen LogP contribution is -2.44. The maximum absolute atomic E-state index is 14.7. The molecule has 1 saturated heterocycles. The number of benzene rings is 2. The number of carbonyl (C=O) groups is 1. The van der Waals surface area contributed by atoms with Crippen LogP contribution >= 0.6 is 23.2 Å². The molecular formula is C25H27Cl2FN6O2. The van der Waals surface area contributed by atoms with Crippen LogP contribution in [0.4, 0.5) is 16.0 Å². The van der Waals surface area contributed by atoms with Crippen molar-refractivity contribution in [2.75, 3.05) is 51.7 Å². The summed E-state index contributed by atoms with van der Waals surface area (Å²) in [6, 6.07) is 9.44. The first-order chi connectivity index (χ1) is 17.3. The molecule has 190 valence electrons. The molecule has 3 N–H and O–H groups in total. The molecule has 4 rings (SSSR count). The Bertz CT molecular complexity index is 1220. The molecule has 8 nitrogen and oxygen atoms in total. The summed E-state index contributed by atoms with van der Waals surface area (Å²) < 4.78 is 20.3. The van der Waals surface area contributed by atoms with Gasteiger partial charge in [0.1, 0.15) is 0 Å². The maximum Gasteiger partial charge on any atom is 0.252 e. The van der Waals surface area contributed by atoms with E-state index in [0.29, 0.717) is 27.9 Å². The molecule has 2 aromatic carbocycles. The molecule has 1 fully saturated rings. The number of piperazine rings is 1. The maximum atomic E-state index is 14.7. The average molecular weight is 533 g/mol. The molecule has 0 aliphatic carbocycles. The molecule has 0 atom stereocenters. The van der Waals surface area contributed by atoms with Crippen LogP contribution in [0.5, 0.6) is 5.75 Å². The molecule has 0 spiro atoms. The fraction of sp³-hybridized carbons (Fsp3) is 0.320. The Morgan fingerprint density at radius 1 is 1.17 bits per heavy atom. The SMILES string of the molecule is CN1CCN(CCCOc2ccc(Nc3ncc(C(N)=O)c(-c4c(Cl)cccc4Cl)n3)cc2F)CC1. The fourth-order valence-electron chi connectivity index (χ4n) is 3.90. The van der Waals surface area contributed by atoms with Crippen LogP contribution in [0.1, 0.15) is 16.8 Å². The zero-order valence-electron chi connectivity index (χ0n) is 19.8. The normalized spacial score (nSPS) is 14.6. The lowest BCUT2D eigenvalue weighted by molar-refractivity contribution is 0.100. The summed E-state index contributed by atoms with van der Waals surface area (Å²) in [6.45, 7) is 5.55. The number of carbonyl (C=O) groups excluding carboxylic acids is 1. The first-order valence-electron chi connectivity index (χ1n) is 11.5. The average Bonchev–Trinajstić information content (AvgIpc) is 2.84. The molecular weight excluding hydrogens is 506 g/mol. The van der Waals surface area contributed by atoms with Gasteiger partial charge >= 0.3 is 0 Å². The summed E-state index contributed by atoms with van der Waals surface area (Å²) >= 11 is 12.6. The Morgan fingerprint density at radius 3 is 2.56 bits per heavy atom. The highest BCUT2D eigenvalue weighted by Crippen LogP contribution is 2.36. The minimum atomic E-state index is -0.729. The van der Waals surface area contributed by atoms with Crippen molar-refractivity contribution in [1.29, 1.82) is 0 Å². The van der Waals surface area contributed by atoms with Gasteiger partial charge in [-0.25, -0.2) is 14.4 Å². The van der Waals surface area contributed by atoms with Gasteiger partial charge in [-0.1, -0.05) is 29.3 Å².